The molecule has 1 aliphatic heterocycles. The number of hydrogen-bond donors (Lipinski definition) is 1. The van der Waals surface area contributed by atoms with Gasteiger partial charge < -0.3 is 5.73 Å². The molecule has 2 N–H and O–H groups in total. The zero-order chi connectivity index (χ0) is 21.6. The number of fused-ring (bicyclic) bond motifs is 1. The number of halogens is 8. The lowest BCUT2D eigenvalue weighted by atomic mass is 9.77. The SMILES string of the molecule is Cl.Cl.N[C@H]1C[C@@H](N2CCc3cnc(C(F)(F)F)nc3C2)CCC1c1cc(F)c(F)cc1F. The highest BCUT2D eigenvalue weighted by molar-refractivity contribution is 5.85. The molecule has 1 aliphatic carbocycles. The summed E-state index contributed by atoms with van der Waals surface area (Å²) in [6.45, 7) is 0.881. The number of nitrogens with two attached hydrogens (primary N) is 1. The quantitative estimate of drug-likeness (QED) is 0.474. The molecule has 0 bridgehead atoms. The van der Waals surface area contributed by atoms with Gasteiger partial charge in [0.1, 0.15) is 5.82 Å². The highest BCUT2D eigenvalue weighted by atomic mass is 35.5. The predicted molar refractivity (Wildman–Crippen MR) is 110 cm³/mol. The largest absolute Gasteiger partial charge is 0.451 e. The van der Waals surface area contributed by atoms with Gasteiger partial charge in [-0.2, -0.15) is 13.2 Å². The maximum absolute atomic E-state index is 14.2. The third kappa shape index (κ3) is 5.30. The minimum Gasteiger partial charge on any atom is -0.327 e. The fourth-order valence-corrected chi connectivity index (χ4v) is 4.49. The van der Waals surface area contributed by atoms with Gasteiger partial charge in [0, 0.05) is 43.4 Å². The topological polar surface area (TPSA) is 55.0 Å². The Morgan fingerprint density at radius 2 is 1.69 bits per heavy atom. The van der Waals surface area contributed by atoms with E-state index in [1.807, 2.05) is 4.90 Å². The summed E-state index contributed by atoms with van der Waals surface area (Å²) in [7, 11) is 0. The Bertz CT molecular complexity index is 958. The van der Waals surface area contributed by atoms with Crippen LogP contribution in [-0.2, 0) is 19.1 Å². The second-order valence-corrected chi connectivity index (χ2v) is 7.91. The lowest BCUT2D eigenvalue weighted by Crippen LogP contribution is -2.47. The summed E-state index contributed by atoms with van der Waals surface area (Å²) in [5.74, 6) is -4.79. The maximum Gasteiger partial charge on any atom is 0.451 e. The second kappa shape index (κ2) is 10.1. The van der Waals surface area contributed by atoms with Crippen molar-refractivity contribution in [2.24, 2.45) is 5.73 Å². The molecule has 0 amide bonds. The third-order valence-corrected chi connectivity index (χ3v) is 6.06. The molecule has 0 spiro atoms. The van der Waals surface area contributed by atoms with Crippen LogP contribution in [0.3, 0.4) is 0 Å². The van der Waals surface area contributed by atoms with E-state index in [-0.39, 0.29) is 43.0 Å². The van der Waals surface area contributed by atoms with Crippen LogP contribution in [0, 0.1) is 17.5 Å². The molecule has 1 aromatic carbocycles. The van der Waals surface area contributed by atoms with E-state index in [0.29, 0.717) is 49.6 Å². The minimum atomic E-state index is -4.60. The van der Waals surface area contributed by atoms with E-state index < -0.39 is 41.4 Å². The van der Waals surface area contributed by atoms with Crippen molar-refractivity contribution in [3.8, 4) is 0 Å². The van der Waals surface area contributed by atoms with Crippen molar-refractivity contribution < 1.29 is 26.3 Å². The molecule has 32 heavy (non-hydrogen) atoms. The van der Waals surface area contributed by atoms with E-state index >= 15 is 0 Å². The van der Waals surface area contributed by atoms with E-state index in [1.54, 1.807) is 0 Å². The van der Waals surface area contributed by atoms with Crippen LogP contribution in [0.15, 0.2) is 18.3 Å². The predicted octanol–water partition coefficient (Wildman–Crippen LogP) is 4.78. The van der Waals surface area contributed by atoms with Crippen LogP contribution >= 0.6 is 24.8 Å². The summed E-state index contributed by atoms with van der Waals surface area (Å²) in [5, 5.41) is 0. The fraction of sp³-hybridized carbons (Fsp3) is 0.500. The first kappa shape index (κ1) is 26.6. The van der Waals surface area contributed by atoms with Crippen LogP contribution < -0.4 is 5.73 Å². The Hall–Kier alpha value is -1.62. The van der Waals surface area contributed by atoms with E-state index in [1.165, 1.54) is 6.20 Å². The van der Waals surface area contributed by atoms with Gasteiger partial charge >= 0.3 is 6.18 Å². The van der Waals surface area contributed by atoms with Gasteiger partial charge in [-0.25, -0.2) is 23.1 Å². The smallest absolute Gasteiger partial charge is 0.327 e. The number of rotatable bonds is 2. The molecule has 1 fully saturated rings. The van der Waals surface area contributed by atoms with Crippen LogP contribution in [0.5, 0.6) is 0 Å². The first-order valence-corrected chi connectivity index (χ1v) is 9.69. The van der Waals surface area contributed by atoms with Gasteiger partial charge in [0.2, 0.25) is 5.82 Å². The zero-order valence-corrected chi connectivity index (χ0v) is 18.3. The number of benzene rings is 1. The highest BCUT2D eigenvalue weighted by Crippen LogP contribution is 2.37. The number of nitrogens with zero attached hydrogens (tertiary/aromatic N) is 3. The first-order valence-electron chi connectivity index (χ1n) is 9.69. The first-order chi connectivity index (χ1) is 14.1. The third-order valence-electron chi connectivity index (χ3n) is 6.06. The summed E-state index contributed by atoms with van der Waals surface area (Å²) in [4.78, 5) is 9.15. The molecule has 178 valence electrons. The molecule has 3 atom stereocenters. The number of alkyl halides is 3. The van der Waals surface area contributed by atoms with Crippen LogP contribution in [0.4, 0.5) is 26.3 Å². The molecule has 12 heteroatoms. The molecule has 0 saturated heterocycles. The van der Waals surface area contributed by atoms with Crippen molar-refractivity contribution in [1.29, 1.82) is 0 Å². The molecule has 1 aromatic heterocycles. The molecule has 4 nitrogen and oxygen atoms in total. The summed E-state index contributed by atoms with van der Waals surface area (Å²) < 4.78 is 79.7. The standard InChI is InChI=1S/C20H20F6N4.2ClH/c21-14-7-16(23)15(22)6-13(14)12-2-1-11(5-17(12)27)30-4-3-10-8-28-19(20(24,25)26)29-18(10)9-30;;/h6-8,11-12,17H,1-5,9,27H2;2*1H/t11-,12?,17-;;/m0../s1. The van der Waals surface area contributed by atoms with Gasteiger partial charge in [-0.1, -0.05) is 0 Å². The molecule has 1 saturated carbocycles. The molecule has 4 rings (SSSR count). The Morgan fingerprint density at radius 1 is 1.00 bits per heavy atom. The number of aromatic nitrogens is 2. The average Bonchev–Trinajstić information content (AvgIpc) is 2.69. The van der Waals surface area contributed by atoms with Crippen molar-refractivity contribution in [3.63, 3.8) is 0 Å². The van der Waals surface area contributed by atoms with Gasteiger partial charge in [-0.15, -0.1) is 24.8 Å². The Kier molecular flexibility index (Phi) is 8.41. The van der Waals surface area contributed by atoms with Crippen molar-refractivity contribution in [3.05, 3.63) is 58.4 Å². The minimum absolute atomic E-state index is 0. The van der Waals surface area contributed by atoms with Gasteiger partial charge in [0.25, 0.3) is 0 Å². The summed E-state index contributed by atoms with van der Waals surface area (Å²) in [6, 6.07) is 0.897. The Labute approximate surface area is 193 Å². The summed E-state index contributed by atoms with van der Waals surface area (Å²) >= 11 is 0. The Morgan fingerprint density at radius 3 is 2.34 bits per heavy atom. The summed E-state index contributed by atoms with van der Waals surface area (Å²) in [6.07, 6.45) is -1.29. The monoisotopic (exact) mass is 502 g/mol. The van der Waals surface area contributed by atoms with Crippen LogP contribution in [0.2, 0.25) is 0 Å². The lowest BCUT2D eigenvalue weighted by Gasteiger charge is -2.41. The van der Waals surface area contributed by atoms with E-state index in [9.17, 15) is 26.3 Å². The fourth-order valence-electron chi connectivity index (χ4n) is 4.49. The number of hydrogen-bond acceptors (Lipinski definition) is 4. The molecule has 2 aliphatic rings. The van der Waals surface area contributed by atoms with Gasteiger partial charge in [0.15, 0.2) is 11.6 Å². The summed E-state index contributed by atoms with van der Waals surface area (Å²) in [5.41, 5.74) is 7.37. The maximum atomic E-state index is 14.2. The zero-order valence-electron chi connectivity index (χ0n) is 16.7. The van der Waals surface area contributed by atoms with Crippen molar-refractivity contribution in [1.82, 2.24) is 14.9 Å². The van der Waals surface area contributed by atoms with Gasteiger partial charge in [0.05, 0.1) is 5.69 Å². The van der Waals surface area contributed by atoms with Gasteiger partial charge in [-0.3, -0.25) is 4.90 Å². The van der Waals surface area contributed by atoms with Crippen molar-refractivity contribution in [2.45, 2.75) is 56.4 Å². The highest BCUT2D eigenvalue weighted by Gasteiger charge is 2.38. The van der Waals surface area contributed by atoms with E-state index in [4.69, 9.17) is 5.73 Å². The van der Waals surface area contributed by atoms with Crippen molar-refractivity contribution in [2.75, 3.05) is 6.54 Å². The molecule has 0 radical (unpaired) electrons. The van der Waals surface area contributed by atoms with Crippen LogP contribution in [0.25, 0.3) is 0 Å². The molecular formula is C20H22Cl2F6N4. The second-order valence-electron chi connectivity index (χ2n) is 7.91. The molecule has 2 aromatic rings. The van der Waals surface area contributed by atoms with Crippen LogP contribution in [0.1, 0.15) is 47.8 Å². The van der Waals surface area contributed by atoms with E-state index in [2.05, 4.69) is 9.97 Å². The molecular weight excluding hydrogens is 481 g/mol. The molecule has 2 heterocycles. The average molecular weight is 503 g/mol. The van der Waals surface area contributed by atoms with Crippen molar-refractivity contribution >= 4 is 24.8 Å². The van der Waals surface area contributed by atoms with Gasteiger partial charge in [-0.05, 0) is 42.9 Å². The van der Waals surface area contributed by atoms with Crippen LogP contribution in [-0.4, -0.2) is 33.5 Å². The Balaban J connectivity index is 0.00000181. The molecule has 1 unspecified atom stereocenters. The normalized spacial score (nSPS) is 23.7. The van der Waals surface area contributed by atoms with E-state index in [0.717, 1.165) is 6.07 Å². The lowest BCUT2D eigenvalue weighted by molar-refractivity contribution is -0.145.